The average Bonchev–Trinajstić information content (AvgIpc) is 2.09. The predicted molar refractivity (Wildman–Crippen MR) is 50.3 cm³/mol. The fourth-order valence-electron chi connectivity index (χ4n) is 1.31. The van der Waals surface area contributed by atoms with Gasteiger partial charge in [-0.2, -0.15) is 8.78 Å². The van der Waals surface area contributed by atoms with Gasteiger partial charge >= 0.3 is 6.61 Å². The maximum atomic E-state index is 13.0. The van der Waals surface area contributed by atoms with Crippen molar-refractivity contribution in [1.29, 1.82) is 0 Å². The largest absolute Gasteiger partial charge is 0.488 e. The van der Waals surface area contributed by atoms with Crippen LogP contribution in [0, 0.1) is 5.82 Å². The van der Waals surface area contributed by atoms with Crippen molar-refractivity contribution in [1.82, 2.24) is 5.32 Å². The summed E-state index contributed by atoms with van der Waals surface area (Å²) in [6.45, 7) is -1.64. The molecule has 1 saturated heterocycles. The summed E-state index contributed by atoms with van der Waals surface area (Å²) in [7, 11) is 0. The Morgan fingerprint density at radius 1 is 1.19 bits per heavy atom. The van der Waals surface area contributed by atoms with Gasteiger partial charge in [-0.05, 0) is 0 Å². The van der Waals surface area contributed by atoms with Gasteiger partial charge in [0, 0.05) is 31.3 Å². The number of hydrogen-bond acceptors (Lipinski definition) is 3. The van der Waals surface area contributed by atoms with Crippen molar-refractivity contribution in [3.05, 3.63) is 24.0 Å². The SMILES string of the molecule is Fc1cc(OC(F)F)cc(OC2CNC2)c1. The Morgan fingerprint density at radius 3 is 2.44 bits per heavy atom. The van der Waals surface area contributed by atoms with Crippen LogP contribution in [-0.2, 0) is 0 Å². The highest BCUT2D eigenvalue weighted by Crippen LogP contribution is 2.24. The summed E-state index contributed by atoms with van der Waals surface area (Å²) >= 11 is 0. The lowest BCUT2D eigenvalue weighted by molar-refractivity contribution is -0.0501. The molecule has 3 nitrogen and oxygen atoms in total. The first-order valence-electron chi connectivity index (χ1n) is 4.76. The van der Waals surface area contributed by atoms with Crippen molar-refractivity contribution in [2.24, 2.45) is 0 Å². The Labute approximate surface area is 90.2 Å². The molecule has 1 aromatic rings. The highest BCUT2D eigenvalue weighted by Gasteiger charge is 2.19. The van der Waals surface area contributed by atoms with Gasteiger partial charge in [0.25, 0.3) is 0 Å². The molecule has 1 aliphatic rings. The fourth-order valence-corrected chi connectivity index (χ4v) is 1.31. The van der Waals surface area contributed by atoms with Gasteiger partial charge in [0.05, 0.1) is 0 Å². The average molecular weight is 233 g/mol. The van der Waals surface area contributed by atoms with Crippen LogP contribution in [0.4, 0.5) is 13.2 Å². The van der Waals surface area contributed by atoms with Crippen LogP contribution in [0.2, 0.25) is 0 Å². The van der Waals surface area contributed by atoms with Crippen LogP contribution in [0.25, 0.3) is 0 Å². The van der Waals surface area contributed by atoms with Crippen LogP contribution < -0.4 is 14.8 Å². The van der Waals surface area contributed by atoms with Gasteiger partial charge in [-0.1, -0.05) is 0 Å². The molecule has 1 N–H and O–H groups in total. The first-order chi connectivity index (χ1) is 7.63. The standard InChI is InChI=1S/C10H10F3NO2/c11-6-1-7(15-9-4-14-5-9)3-8(2-6)16-10(12)13/h1-3,9-10,14H,4-5H2. The predicted octanol–water partition coefficient (Wildman–Crippen LogP) is 1.78. The minimum Gasteiger partial charge on any atom is -0.488 e. The summed E-state index contributed by atoms with van der Waals surface area (Å²) in [6, 6.07) is 3.27. The molecule has 0 aromatic heterocycles. The van der Waals surface area contributed by atoms with Crippen molar-refractivity contribution in [2.45, 2.75) is 12.7 Å². The van der Waals surface area contributed by atoms with E-state index in [0.29, 0.717) is 13.1 Å². The lowest BCUT2D eigenvalue weighted by atomic mass is 10.2. The van der Waals surface area contributed by atoms with Gasteiger partial charge in [-0.25, -0.2) is 4.39 Å². The molecule has 0 spiro atoms. The molecule has 0 unspecified atom stereocenters. The molecule has 0 amide bonds. The normalized spacial score (nSPS) is 16.0. The summed E-state index contributed by atoms with van der Waals surface area (Å²) in [5.41, 5.74) is 0. The van der Waals surface area contributed by atoms with Crippen LogP contribution in [0.5, 0.6) is 11.5 Å². The molecule has 1 aromatic carbocycles. The topological polar surface area (TPSA) is 30.5 Å². The maximum absolute atomic E-state index is 13.0. The number of rotatable bonds is 4. The molecular weight excluding hydrogens is 223 g/mol. The summed E-state index contributed by atoms with van der Waals surface area (Å²) in [4.78, 5) is 0. The summed E-state index contributed by atoms with van der Waals surface area (Å²) < 4.78 is 46.3. The van der Waals surface area contributed by atoms with Crippen molar-refractivity contribution < 1.29 is 22.6 Å². The molecular formula is C10H10F3NO2. The third-order valence-electron chi connectivity index (χ3n) is 2.12. The number of alkyl halides is 2. The zero-order chi connectivity index (χ0) is 11.5. The van der Waals surface area contributed by atoms with E-state index in [1.165, 1.54) is 6.07 Å². The second-order valence-corrected chi connectivity index (χ2v) is 3.40. The molecule has 0 aliphatic carbocycles. The van der Waals surface area contributed by atoms with E-state index in [1.54, 1.807) is 0 Å². The van der Waals surface area contributed by atoms with Gasteiger partial charge in [0.15, 0.2) is 0 Å². The third kappa shape index (κ3) is 2.79. The molecule has 2 rings (SSSR count). The van der Waals surface area contributed by atoms with Gasteiger partial charge in [0.1, 0.15) is 23.4 Å². The molecule has 0 bridgehead atoms. The highest BCUT2D eigenvalue weighted by atomic mass is 19.3. The zero-order valence-electron chi connectivity index (χ0n) is 8.25. The molecule has 0 atom stereocenters. The zero-order valence-corrected chi connectivity index (χ0v) is 8.25. The maximum Gasteiger partial charge on any atom is 0.387 e. The number of benzene rings is 1. The van der Waals surface area contributed by atoms with E-state index in [9.17, 15) is 13.2 Å². The second-order valence-electron chi connectivity index (χ2n) is 3.40. The number of nitrogens with one attached hydrogen (secondary N) is 1. The van der Waals surface area contributed by atoms with Crippen molar-refractivity contribution in [2.75, 3.05) is 13.1 Å². The second kappa shape index (κ2) is 4.61. The Bertz CT molecular complexity index is 369. The molecule has 1 heterocycles. The van der Waals surface area contributed by atoms with E-state index in [-0.39, 0.29) is 17.6 Å². The Kier molecular flexibility index (Phi) is 3.19. The van der Waals surface area contributed by atoms with Gasteiger partial charge in [0.2, 0.25) is 0 Å². The van der Waals surface area contributed by atoms with E-state index in [2.05, 4.69) is 10.1 Å². The molecule has 0 radical (unpaired) electrons. The lowest BCUT2D eigenvalue weighted by Crippen LogP contribution is -2.50. The molecule has 16 heavy (non-hydrogen) atoms. The van der Waals surface area contributed by atoms with E-state index >= 15 is 0 Å². The van der Waals surface area contributed by atoms with Gasteiger partial charge < -0.3 is 14.8 Å². The van der Waals surface area contributed by atoms with E-state index < -0.39 is 12.4 Å². The number of hydrogen-bond donors (Lipinski definition) is 1. The monoisotopic (exact) mass is 233 g/mol. The van der Waals surface area contributed by atoms with Crippen molar-refractivity contribution in [3.8, 4) is 11.5 Å². The van der Waals surface area contributed by atoms with Crippen LogP contribution in [-0.4, -0.2) is 25.8 Å². The van der Waals surface area contributed by atoms with Crippen LogP contribution >= 0.6 is 0 Å². The van der Waals surface area contributed by atoms with Gasteiger partial charge in [-0.3, -0.25) is 0 Å². The molecule has 1 aliphatic heterocycles. The van der Waals surface area contributed by atoms with E-state index in [0.717, 1.165) is 12.1 Å². The molecule has 0 saturated carbocycles. The summed E-state index contributed by atoms with van der Waals surface area (Å²) in [5, 5.41) is 2.97. The van der Waals surface area contributed by atoms with E-state index in [1.807, 2.05) is 0 Å². The number of halogens is 3. The minimum atomic E-state index is -2.97. The molecule has 1 fully saturated rings. The van der Waals surface area contributed by atoms with Gasteiger partial charge in [-0.15, -0.1) is 0 Å². The highest BCUT2D eigenvalue weighted by molar-refractivity contribution is 5.34. The first-order valence-corrected chi connectivity index (χ1v) is 4.76. The summed E-state index contributed by atoms with van der Waals surface area (Å²) in [6.07, 6.45) is -0.0406. The van der Waals surface area contributed by atoms with Crippen LogP contribution in [0.3, 0.4) is 0 Å². The smallest absolute Gasteiger partial charge is 0.387 e. The number of ether oxygens (including phenoxy) is 2. The third-order valence-corrected chi connectivity index (χ3v) is 2.12. The van der Waals surface area contributed by atoms with Crippen molar-refractivity contribution in [3.63, 3.8) is 0 Å². The van der Waals surface area contributed by atoms with Crippen LogP contribution in [0.15, 0.2) is 18.2 Å². The minimum absolute atomic E-state index is 0.0406. The summed E-state index contributed by atoms with van der Waals surface area (Å²) in [5.74, 6) is -0.708. The Hall–Kier alpha value is -1.43. The quantitative estimate of drug-likeness (QED) is 0.859. The fraction of sp³-hybridized carbons (Fsp3) is 0.400. The molecule has 88 valence electrons. The van der Waals surface area contributed by atoms with Crippen LogP contribution in [0.1, 0.15) is 0 Å². The first kappa shape index (κ1) is 11.1. The van der Waals surface area contributed by atoms with E-state index in [4.69, 9.17) is 4.74 Å². The lowest BCUT2D eigenvalue weighted by Gasteiger charge is -2.27. The van der Waals surface area contributed by atoms with Crippen molar-refractivity contribution >= 4 is 0 Å². The Morgan fingerprint density at radius 2 is 1.88 bits per heavy atom. The molecule has 6 heteroatoms. The Balaban J connectivity index is 2.08.